The summed E-state index contributed by atoms with van der Waals surface area (Å²) in [4.78, 5) is 0. The Hall–Kier alpha value is -3.04. The van der Waals surface area contributed by atoms with Gasteiger partial charge in [0.2, 0.25) is 0 Å². The van der Waals surface area contributed by atoms with Crippen molar-refractivity contribution in [1.29, 1.82) is 0 Å². The third kappa shape index (κ3) is 2.45. The highest BCUT2D eigenvalue weighted by Gasteiger charge is 1.95. The minimum atomic E-state index is 1.03. The van der Waals surface area contributed by atoms with E-state index in [1.54, 1.807) is 0 Å². The second-order valence-electron chi connectivity index (χ2n) is 5.30. The van der Waals surface area contributed by atoms with Gasteiger partial charge in [0.15, 0.2) is 0 Å². The Morgan fingerprint density at radius 3 is 2.00 bits per heavy atom. The van der Waals surface area contributed by atoms with Crippen molar-refractivity contribution in [2.24, 2.45) is 0 Å². The highest BCUT2D eigenvalue weighted by molar-refractivity contribution is 5.85. The maximum Gasteiger partial charge on any atom is 0.0255 e. The molecule has 0 atom stereocenters. The molecule has 0 bridgehead atoms. The van der Waals surface area contributed by atoms with Crippen LogP contribution in [0.4, 0.5) is 0 Å². The van der Waals surface area contributed by atoms with Gasteiger partial charge in [-0.3, -0.25) is 0 Å². The van der Waals surface area contributed by atoms with Crippen molar-refractivity contribution in [1.82, 2.24) is 0 Å². The van der Waals surface area contributed by atoms with E-state index < -0.39 is 0 Å². The van der Waals surface area contributed by atoms with Gasteiger partial charge in [-0.05, 0) is 57.9 Å². The molecule has 0 saturated carbocycles. The summed E-state index contributed by atoms with van der Waals surface area (Å²) in [6.45, 7) is 0. The molecule has 0 heteroatoms. The lowest BCUT2D eigenvalue weighted by Gasteiger charge is -1.98. The van der Waals surface area contributed by atoms with E-state index in [9.17, 15) is 0 Å². The van der Waals surface area contributed by atoms with E-state index in [2.05, 4.69) is 84.6 Å². The van der Waals surface area contributed by atoms with E-state index in [1.807, 2.05) is 12.1 Å². The fraction of sp³-hybridized carbons (Fsp3) is 0. The second kappa shape index (κ2) is 5.39. The molecule has 4 rings (SSSR count). The van der Waals surface area contributed by atoms with Gasteiger partial charge in [0.05, 0.1) is 0 Å². The quantitative estimate of drug-likeness (QED) is 0.388. The molecule has 0 unspecified atom stereocenters. The van der Waals surface area contributed by atoms with Gasteiger partial charge in [-0.25, -0.2) is 0 Å². The van der Waals surface area contributed by atoms with Crippen LogP contribution in [0, 0.1) is 17.9 Å². The van der Waals surface area contributed by atoms with Gasteiger partial charge in [-0.1, -0.05) is 60.4 Å². The summed E-state index contributed by atoms with van der Waals surface area (Å²) in [5.74, 6) is 6.51. The van der Waals surface area contributed by atoms with Crippen LogP contribution in [0.5, 0.6) is 0 Å². The predicted octanol–water partition coefficient (Wildman–Crippen LogP) is 5.19. The first-order valence-electron chi connectivity index (χ1n) is 7.29. The zero-order valence-corrected chi connectivity index (χ0v) is 12.0. The molecular formula is C22H13. The zero-order valence-electron chi connectivity index (χ0n) is 12.0. The Balaban J connectivity index is 1.73. The lowest BCUT2D eigenvalue weighted by molar-refractivity contribution is 1.67. The average Bonchev–Trinajstić information content (AvgIpc) is 2.59. The molecule has 1 radical (unpaired) electrons. The van der Waals surface area contributed by atoms with E-state index in [1.165, 1.54) is 21.5 Å². The Morgan fingerprint density at radius 2 is 1.23 bits per heavy atom. The molecule has 0 fully saturated rings. The van der Waals surface area contributed by atoms with Gasteiger partial charge in [-0.15, -0.1) is 0 Å². The van der Waals surface area contributed by atoms with Gasteiger partial charge >= 0.3 is 0 Å². The van der Waals surface area contributed by atoms with Gasteiger partial charge in [0.25, 0.3) is 0 Å². The lowest BCUT2D eigenvalue weighted by atomic mass is 10.1. The number of rotatable bonds is 0. The average molecular weight is 277 g/mol. The van der Waals surface area contributed by atoms with Gasteiger partial charge < -0.3 is 0 Å². The van der Waals surface area contributed by atoms with Crippen LogP contribution >= 0.6 is 0 Å². The summed E-state index contributed by atoms with van der Waals surface area (Å²) in [5, 5.41) is 4.86. The third-order valence-electron chi connectivity index (χ3n) is 3.79. The van der Waals surface area contributed by atoms with Crippen molar-refractivity contribution in [3.63, 3.8) is 0 Å². The predicted molar refractivity (Wildman–Crippen MR) is 92.7 cm³/mol. The van der Waals surface area contributed by atoms with Gasteiger partial charge in [0, 0.05) is 11.1 Å². The number of hydrogen-bond donors (Lipinski definition) is 0. The van der Waals surface area contributed by atoms with E-state index in [0.29, 0.717) is 0 Å². The summed E-state index contributed by atoms with van der Waals surface area (Å²) < 4.78 is 0. The zero-order chi connectivity index (χ0) is 14.8. The van der Waals surface area contributed by atoms with Crippen LogP contribution in [0.25, 0.3) is 21.5 Å². The van der Waals surface area contributed by atoms with Crippen molar-refractivity contribution < 1.29 is 0 Å². The molecule has 0 aliphatic carbocycles. The maximum atomic E-state index is 3.26. The molecular weight excluding hydrogens is 264 g/mol. The standard InChI is InChI=1S/C22H13/c1-3-7-21-15-17(11-13-19(21)5-1)9-10-18-12-14-20-6-2-4-8-22(20)16-18/h1-3,5-8,11-16H. The van der Waals surface area contributed by atoms with Crippen LogP contribution in [0.1, 0.15) is 11.1 Å². The number of benzene rings is 4. The Kier molecular flexibility index (Phi) is 3.11. The first-order chi connectivity index (χ1) is 10.9. The summed E-state index contributed by atoms with van der Waals surface area (Å²) in [5.41, 5.74) is 2.07. The Morgan fingerprint density at radius 1 is 0.591 bits per heavy atom. The normalized spacial score (nSPS) is 10.4. The Labute approximate surface area is 130 Å². The minimum Gasteiger partial charge on any atom is -0.0616 e. The first kappa shape index (κ1) is 12.7. The molecule has 101 valence electrons. The maximum absolute atomic E-state index is 3.26. The summed E-state index contributed by atoms with van der Waals surface area (Å²) in [6, 6.07) is 30.1. The lowest BCUT2D eigenvalue weighted by Crippen LogP contribution is -1.79. The highest BCUT2D eigenvalue weighted by atomic mass is 14.0. The molecule has 0 aliphatic heterocycles. The molecule has 0 spiro atoms. The minimum absolute atomic E-state index is 1.03. The molecule has 0 amide bonds. The van der Waals surface area contributed by atoms with Crippen LogP contribution < -0.4 is 0 Å². The van der Waals surface area contributed by atoms with E-state index in [0.717, 1.165) is 11.1 Å². The molecule has 0 saturated heterocycles. The van der Waals surface area contributed by atoms with Gasteiger partial charge in [-0.2, -0.15) is 0 Å². The summed E-state index contributed by atoms with van der Waals surface area (Å²) >= 11 is 0. The van der Waals surface area contributed by atoms with Crippen LogP contribution in [-0.2, 0) is 0 Å². The highest BCUT2D eigenvalue weighted by Crippen LogP contribution is 2.16. The van der Waals surface area contributed by atoms with E-state index >= 15 is 0 Å². The number of hydrogen-bond acceptors (Lipinski definition) is 0. The molecule has 0 heterocycles. The molecule has 4 aromatic carbocycles. The molecule has 22 heavy (non-hydrogen) atoms. The molecule has 0 N–H and O–H groups in total. The fourth-order valence-corrected chi connectivity index (χ4v) is 2.62. The van der Waals surface area contributed by atoms with Crippen LogP contribution in [-0.4, -0.2) is 0 Å². The van der Waals surface area contributed by atoms with Crippen molar-refractivity contribution in [2.75, 3.05) is 0 Å². The Bertz CT molecular complexity index is 946. The number of fused-ring (bicyclic) bond motifs is 2. The first-order valence-corrected chi connectivity index (χ1v) is 7.29. The van der Waals surface area contributed by atoms with Crippen LogP contribution in [0.15, 0.2) is 78.9 Å². The SMILES string of the molecule is C(#Cc1ccc2ccccc2c1)c1ccc2cc[c]cc2c1. The molecule has 0 aliphatic rings. The van der Waals surface area contributed by atoms with E-state index in [4.69, 9.17) is 0 Å². The smallest absolute Gasteiger partial charge is 0.0255 e. The molecule has 0 nitrogen and oxygen atoms in total. The van der Waals surface area contributed by atoms with Crippen molar-refractivity contribution in [3.8, 4) is 11.8 Å². The van der Waals surface area contributed by atoms with Crippen LogP contribution in [0.3, 0.4) is 0 Å². The van der Waals surface area contributed by atoms with Crippen molar-refractivity contribution in [2.45, 2.75) is 0 Å². The van der Waals surface area contributed by atoms with E-state index in [-0.39, 0.29) is 0 Å². The fourth-order valence-electron chi connectivity index (χ4n) is 2.62. The third-order valence-corrected chi connectivity index (χ3v) is 3.79. The molecule has 0 aromatic heterocycles. The topological polar surface area (TPSA) is 0 Å². The molecule has 4 aromatic rings. The largest absolute Gasteiger partial charge is 0.0616 e. The van der Waals surface area contributed by atoms with Gasteiger partial charge in [0.1, 0.15) is 0 Å². The van der Waals surface area contributed by atoms with Crippen LogP contribution in [0.2, 0.25) is 0 Å². The monoisotopic (exact) mass is 277 g/mol. The second-order valence-corrected chi connectivity index (χ2v) is 5.30. The van der Waals surface area contributed by atoms with Crippen molar-refractivity contribution in [3.05, 3.63) is 96.1 Å². The van der Waals surface area contributed by atoms with Crippen molar-refractivity contribution >= 4 is 21.5 Å². The summed E-state index contributed by atoms with van der Waals surface area (Å²) in [7, 11) is 0. The summed E-state index contributed by atoms with van der Waals surface area (Å²) in [6.07, 6.45) is 0.